The first kappa shape index (κ1) is 12.8. The van der Waals surface area contributed by atoms with Gasteiger partial charge in [-0.15, -0.1) is 0 Å². The van der Waals surface area contributed by atoms with Gasteiger partial charge in [0.2, 0.25) is 0 Å². The second kappa shape index (κ2) is 4.29. The standard InChI is InChI=1S/C10H13F3N2O/c1-3-15-6(2)7(4-5-8(15)16)9(14)10(11,12)13/h4-5,9H,3,14H2,1-2H3. The molecule has 0 aromatic carbocycles. The van der Waals surface area contributed by atoms with Gasteiger partial charge >= 0.3 is 6.18 Å². The molecule has 0 aliphatic rings. The summed E-state index contributed by atoms with van der Waals surface area (Å²) in [6.45, 7) is 3.48. The average molecular weight is 234 g/mol. The summed E-state index contributed by atoms with van der Waals surface area (Å²) in [6.07, 6.45) is -4.50. The molecule has 1 aromatic heterocycles. The van der Waals surface area contributed by atoms with Gasteiger partial charge < -0.3 is 10.3 Å². The number of halogens is 3. The number of alkyl halides is 3. The number of rotatable bonds is 2. The van der Waals surface area contributed by atoms with Gasteiger partial charge in [0.25, 0.3) is 5.56 Å². The highest BCUT2D eigenvalue weighted by Gasteiger charge is 2.38. The summed E-state index contributed by atoms with van der Waals surface area (Å²) < 4.78 is 38.6. The molecule has 0 spiro atoms. The van der Waals surface area contributed by atoms with Crippen molar-refractivity contribution in [2.24, 2.45) is 5.73 Å². The third-order valence-electron chi connectivity index (χ3n) is 2.50. The molecular formula is C10H13F3N2O. The molecule has 0 aliphatic heterocycles. The van der Waals surface area contributed by atoms with Crippen molar-refractivity contribution in [3.63, 3.8) is 0 Å². The van der Waals surface area contributed by atoms with Crippen LogP contribution in [0.15, 0.2) is 16.9 Å². The van der Waals surface area contributed by atoms with Gasteiger partial charge in [-0.2, -0.15) is 13.2 Å². The lowest BCUT2D eigenvalue weighted by Gasteiger charge is -2.20. The van der Waals surface area contributed by atoms with Crippen LogP contribution in [-0.2, 0) is 6.54 Å². The minimum absolute atomic E-state index is 0.0612. The Morgan fingerprint density at radius 2 is 2.00 bits per heavy atom. The van der Waals surface area contributed by atoms with Crippen LogP contribution in [0.2, 0.25) is 0 Å². The molecule has 0 aliphatic carbocycles. The zero-order valence-corrected chi connectivity index (χ0v) is 9.01. The van der Waals surface area contributed by atoms with Crippen molar-refractivity contribution in [3.8, 4) is 0 Å². The van der Waals surface area contributed by atoms with E-state index in [4.69, 9.17) is 5.73 Å². The van der Waals surface area contributed by atoms with Crippen LogP contribution in [0.3, 0.4) is 0 Å². The Labute approximate surface area is 90.7 Å². The van der Waals surface area contributed by atoms with E-state index < -0.39 is 12.2 Å². The Morgan fingerprint density at radius 1 is 1.44 bits per heavy atom. The molecule has 1 heterocycles. The minimum Gasteiger partial charge on any atom is -0.316 e. The predicted molar refractivity (Wildman–Crippen MR) is 54.1 cm³/mol. The quantitative estimate of drug-likeness (QED) is 0.847. The summed E-state index contributed by atoms with van der Waals surface area (Å²) in [5.74, 6) is 0. The number of pyridine rings is 1. The summed E-state index contributed by atoms with van der Waals surface area (Å²) in [5.41, 5.74) is 4.99. The highest BCUT2D eigenvalue weighted by molar-refractivity contribution is 5.24. The molecule has 0 fully saturated rings. The summed E-state index contributed by atoms with van der Waals surface area (Å²) >= 11 is 0. The number of hydrogen-bond donors (Lipinski definition) is 1. The monoisotopic (exact) mass is 234 g/mol. The van der Waals surface area contributed by atoms with Gasteiger partial charge in [-0.3, -0.25) is 4.79 Å². The molecule has 0 saturated heterocycles. The van der Waals surface area contributed by atoms with Crippen molar-refractivity contribution in [2.75, 3.05) is 0 Å². The fraction of sp³-hybridized carbons (Fsp3) is 0.500. The number of hydrogen-bond acceptors (Lipinski definition) is 2. The topological polar surface area (TPSA) is 48.0 Å². The van der Waals surface area contributed by atoms with E-state index in [1.165, 1.54) is 11.5 Å². The van der Waals surface area contributed by atoms with E-state index in [1.54, 1.807) is 6.92 Å². The van der Waals surface area contributed by atoms with Gasteiger partial charge in [0.15, 0.2) is 0 Å². The van der Waals surface area contributed by atoms with Crippen molar-refractivity contribution < 1.29 is 13.2 Å². The van der Waals surface area contributed by atoms with Gasteiger partial charge in [0.05, 0.1) is 0 Å². The van der Waals surface area contributed by atoms with Crippen LogP contribution >= 0.6 is 0 Å². The van der Waals surface area contributed by atoms with Crippen LogP contribution in [0.1, 0.15) is 24.2 Å². The highest BCUT2D eigenvalue weighted by Crippen LogP contribution is 2.31. The van der Waals surface area contributed by atoms with Crippen molar-refractivity contribution in [1.29, 1.82) is 0 Å². The molecule has 0 radical (unpaired) electrons. The molecule has 1 rings (SSSR count). The van der Waals surface area contributed by atoms with E-state index in [0.29, 0.717) is 6.54 Å². The third kappa shape index (κ3) is 2.27. The molecular weight excluding hydrogens is 221 g/mol. The van der Waals surface area contributed by atoms with Crippen LogP contribution in [0.4, 0.5) is 13.2 Å². The van der Waals surface area contributed by atoms with E-state index in [9.17, 15) is 18.0 Å². The molecule has 3 nitrogen and oxygen atoms in total. The van der Waals surface area contributed by atoms with Gasteiger partial charge in [-0.1, -0.05) is 0 Å². The lowest BCUT2D eigenvalue weighted by atomic mass is 10.1. The highest BCUT2D eigenvalue weighted by atomic mass is 19.4. The van der Waals surface area contributed by atoms with Gasteiger partial charge in [-0.05, 0) is 25.5 Å². The molecule has 16 heavy (non-hydrogen) atoms. The van der Waals surface area contributed by atoms with E-state index in [2.05, 4.69) is 0 Å². The van der Waals surface area contributed by atoms with Crippen LogP contribution in [-0.4, -0.2) is 10.7 Å². The summed E-state index contributed by atoms with van der Waals surface area (Å²) in [6, 6.07) is 0.199. The van der Waals surface area contributed by atoms with E-state index in [0.717, 1.165) is 12.1 Å². The Kier molecular flexibility index (Phi) is 3.42. The summed E-state index contributed by atoms with van der Waals surface area (Å²) in [7, 11) is 0. The van der Waals surface area contributed by atoms with Crippen LogP contribution in [0.5, 0.6) is 0 Å². The second-order valence-corrected chi connectivity index (χ2v) is 3.48. The average Bonchev–Trinajstić information content (AvgIpc) is 2.16. The number of nitrogens with two attached hydrogens (primary N) is 1. The fourth-order valence-electron chi connectivity index (χ4n) is 1.59. The molecule has 1 atom stereocenters. The van der Waals surface area contributed by atoms with Crippen LogP contribution < -0.4 is 11.3 Å². The molecule has 1 aromatic rings. The van der Waals surface area contributed by atoms with E-state index >= 15 is 0 Å². The summed E-state index contributed by atoms with van der Waals surface area (Å²) in [4.78, 5) is 11.3. The second-order valence-electron chi connectivity index (χ2n) is 3.48. The van der Waals surface area contributed by atoms with Crippen molar-refractivity contribution in [1.82, 2.24) is 4.57 Å². The Morgan fingerprint density at radius 3 is 2.44 bits per heavy atom. The van der Waals surface area contributed by atoms with Crippen LogP contribution in [0.25, 0.3) is 0 Å². The van der Waals surface area contributed by atoms with Crippen molar-refractivity contribution in [2.45, 2.75) is 32.6 Å². The van der Waals surface area contributed by atoms with Crippen LogP contribution in [0, 0.1) is 6.92 Å². The lowest BCUT2D eigenvalue weighted by molar-refractivity contribution is -0.149. The number of aromatic nitrogens is 1. The first-order chi connectivity index (χ1) is 7.29. The number of nitrogens with zero attached hydrogens (tertiary/aromatic N) is 1. The third-order valence-corrected chi connectivity index (χ3v) is 2.50. The van der Waals surface area contributed by atoms with E-state index in [1.807, 2.05) is 0 Å². The Balaban J connectivity index is 3.32. The summed E-state index contributed by atoms with van der Waals surface area (Å²) in [5, 5.41) is 0. The van der Waals surface area contributed by atoms with Crippen molar-refractivity contribution in [3.05, 3.63) is 33.7 Å². The SMILES string of the molecule is CCn1c(C)c(C(N)C(F)(F)F)ccc1=O. The lowest BCUT2D eigenvalue weighted by Crippen LogP contribution is -2.32. The molecule has 0 amide bonds. The first-order valence-corrected chi connectivity index (χ1v) is 4.81. The van der Waals surface area contributed by atoms with Gasteiger partial charge in [-0.25, -0.2) is 0 Å². The maximum atomic E-state index is 12.4. The molecule has 6 heteroatoms. The molecule has 2 N–H and O–H groups in total. The molecule has 90 valence electrons. The normalized spacial score (nSPS) is 13.9. The fourth-order valence-corrected chi connectivity index (χ4v) is 1.59. The zero-order chi connectivity index (χ0) is 12.5. The first-order valence-electron chi connectivity index (χ1n) is 4.81. The maximum absolute atomic E-state index is 12.4. The Bertz CT molecular complexity index is 437. The molecule has 0 bridgehead atoms. The zero-order valence-electron chi connectivity index (χ0n) is 9.01. The predicted octanol–water partition coefficient (Wildman–Crippen LogP) is 1.74. The largest absolute Gasteiger partial charge is 0.407 e. The van der Waals surface area contributed by atoms with E-state index in [-0.39, 0.29) is 16.8 Å². The smallest absolute Gasteiger partial charge is 0.316 e. The van der Waals surface area contributed by atoms with Crippen molar-refractivity contribution >= 4 is 0 Å². The molecule has 0 saturated carbocycles. The van der Waals surface area contributed by atoms with Gasteiger partial charge in [0, 0.05) is 18.3 Å². The molecule has 1 unspecified atom stereocenters. The minimum atomic E-state index is -4.50. The van der Waals surface area contributed by atoms with Gasteiger partial charge in [0.1, 0.15) is 6.04 Å². The Hall–Kier alpha value is -1.30. The maximum Gasteiger partial charge on any atom is 0.407 e.